The van der Waals surface area contributed by atoms with Gasteiger partial charge in [-0.25, -0.2) is 0 Å². The molecule has 0 saturated carbocycles. The smallest absolute Gasteiger partial charge is 0.244 e. The van der Waals surface area contributed by atoms with Gasteiger partial charge in [0.05, 0.1) is 6.04 Å². The van der Waals surface area contributed by atoms with Crippen LogP contribution in [0, 0.1) is 13.8 Å². The summed E-state index contributed by atoms with van der Waals surface area (Å²) in [5.74, 6) is 0.205. The van der Waals surface area contributed by atoms with Crippen LogP contribution in [0.2, 0.25) is 0 Å². The number of nitrogens with zero attached hydrogens (tertiary/aromatic N) is 1. The van der Waals surface area contributed by atoms with Crippen LogP contribution in [0.15, 0.2) is 18.2 Å². The van der Waals surface area contributed by atoms with Crippen LogP contribution in [0.5, 0.6) is 0 Å². The molecule has 1 atom stereocenters. The highest BCUT2D eigenvalue weighted by Crippen LogP contribution is 2.24. The highest BCUT2D eigenvalue weighted by Gasteiger charge is 2.31. The first-order valence-electron chi connectivity index (χ1n) is 6.25. The van der Waals surface area contributed by atoms with Crippen molar-refractivity contribution in [3.63, 3.8) is 0 Å². The molecule has 3 nitrogen and oxygen atoms in total. The average molecular weight is 232 g/mol. The van der Waals surface area contributed by atoms with E-state index in [1.165, 1.54) is 11.1 Å². The fourth-order valence-corrected chi connectivity index (χ4v) is 2.48. The Morgan fingerprint density at radius 3 is 2.53 bits per heavy atom. The highest BCUT2D eigenvalue weighted by atomic mass is 16.2. The van der Waals surface area contributed by atoms with Crippen LogP contribution in [0.25, 0.3) is 0 Å². The predicted octanol–water partition coefficient (Wildman–Crippen LogP) is 2.02. The van der Waals surface area contributed by atoms with Crippen molar-refractivity contribution in [1.29, 1.82) is 0 Å². The van der Waals surface area contributed by atoms with Gasteiger partial charge in [-0.15, -0.1) is 0 Å². The lowest BCUT2D eigenvalue weighted by Crippen LogP contribution is -2.38. The number of carbonyl (C=O) groups is 1. The number of anilines is 1. The monoisotopic (exact) mass is 232 g/mol. The van der Waals surface area contributed by atoms with Crippen LogP contribution < -0.4 is 10.2 Å². The molecule has 0 aromatic heterocycles. The van der Waals surface area contributed by atoms with Crippen molar-refractivity contribution in [2.24, 2.45) is 0 Å². The Morgan fingerprint density at radius 2 is 1.94 bits per heavy atom. The molecule has 1 unspecified atom stereocenters. The Morgan fingerprint density at radius 1 is 1.29 bits per heavy atom. The molecule has 3 heteroatoms. The van der Waals surface area contributed by atoms with Gasteiger partial charge in [-0.3, -0.25) is 4.79 Å². The van der Waals surface area contributed by atoms with E-state index in [1.54, 1.807) is 0 Å². The average Bonchev–Trinajstić information content (AvgIpc) is 2.60. The van der Waals surface area contributed by atoms with Crippen LogP contribution in [0.4, 0.5) is 5.69 Å². The van der Waals surface area contributed by atoms with Crippen molar-refractivity contribution >= 4 is 11.6 Å². The van der Waals surface area contributed by atoms with E-state index >= 15 is 0 Å². The van der Waals surface area contributed by atoms with Gasteiger partial charge in [0.2, 0.25) is 5.91 Å². The first-order chi connectivity index (χ1) is 8.11. The van der Waals surface area contributed by atoms with Crippen LogP contribution in [-0.2, 0) is 4.79 Å². The number of aryl methyl sites for hydroxylation is 2. The lowest BCUT2D eigenvalue weighted by molar-refractivity contribution is -0.118. The summed E-state index contributed by atoms with van der Waals surface area (Å²) in [4.78, 5) is 14.1. The molecule has 17 heavy (non-hydrogen) atoms. The van der Waals surface area contributed by atoms with Gasteiger partial charge in [0, 0.05) is 12.2 Å². The summed E-state index contributed by atoms with van der Waals surface area (Å²) < 4.78 is 0. The Labute approximate surface area is 103 Å². The summed E-state index contributed by atoms with van der Waals surface area (Å²) in [6.45, 7) is 7.83. The summed E-state index contributed by atoms with van der Waals surface area (Å²) in [6.07, 6.45) is 0.902. The second-order valence-electron chi connectivity index (χ2n) is 4.73. The fourth-order valence-electron chi connectivity index (χ4n) is 2.48. The maximum atomic E-state index is 12.2. The van der Waals surface area contributed by atoms with Crippen LogP contribution in [0.1, 0.15) is 24.5 Å². The van der Waals surface area contributed by atoms with Crippen molar-refractivity contribution in [3.8, 4) is 0 Å². The van der Waals surface area contributed by atoms with E-state index in [0.717, 1.165) is 25.2 Å². The molecular formula is C14H20N2O. The Hall–Kier alpha value is -1.35. The van der Waals surface area contributed by atoms with Gasteiger partial charge < -0.3 is 10.2 Å². The van der Waals surface area contributed by atoms with Crippen LogP contribution in [0.3, 0.4) is 0 Å². The van der Waals surface area contributed by atoms with Gasteiger partial charge in [0.1, 0.15) is 0 Å². The molecule has 1 N–H and O–H groups in total. The third kappa shape index (κ3) is 2.50. The highest BCUT2D eigenvalue weighted by molar-refractivity contribution is 5.99. The summed E-state index contributed by atoms with van der Waals surface area (Å²) in [6, 6.07) is 6.30. The zero-order valence-electron chi connectivity index (χ0n) is 10.8. The van der Waals surface area contributed by atoms with Gasteiger partial charge in [-0.2, -0.15) is 0 Å². The normalized spacial score (nSPS) is 20.1. The lowest BCUT2D eigenvalue weighted by atomic mass is 10.1. The maximum absolute atomic E-state index is 12.2. The van der Waals surface area contributed by atoms with E-state index < -0.39 is 0 Å². The summed E-state index contributed by atoms with van der Waals surface area (Å²) in [7, 11) is 0. The molecule has 0 aliphatic carbocycles. The Bertz CT molecular complexity index is 408. The van der Waals surface area contributed by atoms with Crippen molar-refractivity contribution in [1.82, 2.24) is 5.32 Å². The molecule has 92 valence electrons. The maximum Gasteiger partial charge on any atom is 0.244 e. The van der Waals surface area contributed by atoms with Gasteiger partial charge in [-0.05, 0) is 50.1 Å². The molecule has 0 radical (unpaired) electrons. The Balaban J connectivity index is 2.21. The second kappa shape index (κ2) is 4.88. The predicted molar refractivity (Wildman–Crippen MR) is 70.4 cm³/mol. The molecule has 1 fully saturated rings. The lowest BCUT2D eigenvalue weighted by Gasteiger charge is -2.18. The molecule has 2 rings (SSSR count). The molecule has 1 aromatic carbocycles. The molecular weight excluding hydrogens is 212 g/mol. The summed E-state index contributed by atoms with van der Waals surface area (Å²) >= 11 is 0. The first-order valence-corrected chi connectivity index (χ1v) is 6.25. The molecule has 1 amide bonds. The number of hydrogen-bond donors (Lipinski definition) is 1. The van der Waals surface area contributed by atoms with Crippen molar-refractivity contribution in [2.75, 3.05) is 18.0 Å². The molecule has 0 bridgehead atoms. The summed E-state index contributed by atoms with van der Waals surface area (Å²) in [5.41, 5.74) is 3.45. The molecule has 1 aliphatic heterocycles. The zero-order valence-corrected chi connectivity index (χ0v) is 10.8. The van der Waals surface area contributed by atoms with Crippen molar-refractivity contribution < 1.29 is 4.79 Å². The minimum Gasteiger partial charge on any atom is -0.311 e. The molecule has 1 aromatic rings. The van der Waals surface area contributed by atoms with Gasteiger partial charge in [0.25, 0.3) is 0 Å². The van der Waals surface area contributed by atoms with Crippen LogP contribution in [-0.4, -0.2) is 25.0 Å². The van der Waals surface area contributed by atoms with Gasteiger partial charge in [-0.1, -0.05) is 13.0 Å². The molecule has 1 saturated heterocycles. The van der Waals surface area contributed by atoms with E-state index in [1.807, 2.05) is 11.8 Å². The number of rotatable bonds is 3. The second-order valence-corrected chi connectivity index (χ2v) is 4.73. The van der Waals surface area contributed by atoms with Gasteiger partial charge in [0.15, 0.2) is 0 Å². The van der Waals surface area contributed by atoms with Crippen molar-refractivity contribution in [3.05, 3.63) is 29.3 Å². The molecule has 1 aliphatic rings. The first kappa shape index (κ1) is 12.1. The molecule has 0 spiro atoms. The van der Waals surface area contributed by atoms with E-state index in [4.69, 9.17) is 0 Å². The Kier molecular flexibility index (Phi) is 3.48. The number of hydrogen-bond acceptors (Lipinski definition) is 2. The van der Waals surface area contributed by atoms with Crippen molar-refractivity contribution in [2.45, 2.75) is 33.2 Å². The van der Waals surface area contributed by atoms with E-state index in [2.05, 4.69) is 37.4 Å². The summed E-state index contributed by atoms with van der Waals surface area (Å²) in [5, 5.41) is 3.23. The quantitative estimate of drug-likeness (QED) is 0.864. The number of carbonyl (C=O) groups excluding carboxylic acids is 1. The topological polar surface area (TPSA) is 32.3 Å². The number of amides is 1. The van der Waals surface area contributed by atoms with E-state index in [-0.39, 0.29) is 11.9 Å². The zero-order chi connectivity index (χ0) is 12.4. The SMILES string of the molecule is CCNC1CCN(c2cc(C)cc(C)c2)C1=O. The van der Waals surface area contributed by atoms with E-state index in [9.17, 15) is 4.79 Å². The fraction of sp³-hybridized carbons (Fsp3) is 0.500. The van der Waals surface area contributed by atoms with Crippen LogP contribution >= 0.6 is 0 Å². The minimum atomic E-state index is 0.000758. The number of nitrogens with one attached hydrogen (secondary N) is 1. The number of benzene rings is 1. The van der Waals surface area contributed by atoms with Gasteiger partial charge >= 0.3 is 0 Å². The molecule has 1 heterocycles. The van der Waals surface area contributed by atoms with E-state index in [0.29, 0.717) is 0 Å². The largest absolute Gasteiger partial charge is 0.311 e. The number of likely N-dealkylation sites (N-methyl/N-ethyl adjacent to an activating group) is 1. The standard InChI is InChI=1S/C14H20N2O/c1-4-15-13-5-6-16(14(13)17)12-8-10(2)7-11(3)9-12/h7-9,13,15H,4-6H2,1-3H3. The third-order valence-electron chi connectivity index (χ3n) is 3.17. The minimum absolute atomic E-state index is 0.000758. The third-order valence-corrected chi connectivity index (χ3v) is 3.17.